The van der Waals surface area contributed by atoms with Gasteiger partial charge in [0.1, 0.15) is 11.1 Å². The van der Waals surface area contributed by atoms with Crippen LogP contribution in [0.25, 0.3) is 32.7 Å². The van der Waals surface area contributed by atoms with E-state index >= 15 is 0 Å². The molecular weight excluding hydrogens is 650 g/mol. The molecule has 0 atom stereocenters. The topological polar surface area (TPSA) is 127 Å². The summed E-state index contributed by atoms with van der Waals surface area (Å²) in [5.74, 6) is 0. The Hall–Kier alpha value is -4.10. The van der Waals surface area contributed by atoms with Crippen LogP contribution in [0.15, 0.2) is 59.1 Å². The maximum absolute atomic E-state index is 13.6. The summed E-state index contributed by atoms with van der Waals surface area (Å²) in [6.45, 7) is 9.93. The lowest BCUT2D eigenvalue weighted by Gasteiger charge is -2.38. The summed E-state index contributed by atoms with van der Waals surface area (Å²) in [5.41, 5.74) is 6.22. The first kappa shape index (κ1) is 33.8. The minimum absolute atomic E-state index is 0.136. The molecule has 0 aliphatic carbocycles. The molecule has 5 aromatic rings. The third kappa shape index (κ3) is 7.46. The molecule has 1 amide bonds. The highest BCUT2D eigenvalue weighted by Crippen LogP contribution is 2.32. The highest BCUT2D eigenvalue weighted by molar-refractivity contribution is 7.13. The van der Waals surface area contributed by atoms with Crippen LogP contribution in [0.1, 0.15) is 50.4 Å². The van der Waals surface area contributed by atoms with Gasteiger partial charge in [-0.3, -0.25) is 18.9 Å². The number of hydrogen-bond acceptors (Lipinski definition) is 9. The Morgan fingerprint density at radius 2 is 1.79 bits per heavy atom. The van der Waals surface area contributed by atoms with Crippen molar-refractivity contribution in [1.29, 1.82) is 0 Å². The van der Waals surface area contributed by atoms with E-state index in [4.69, 9.17) is 16.3 Å². The van der Waals surface area contributed by atoms with Crippen molar-refractivity contribution >= 4 is 40.1 Å². The minimum atomic E-state index is -1.05. The minimum Gasteiger partial charge on any atom is -0.444 e. The molecule has 2 N–H and O–H groups in total. The van der Waals surface area contributed by atoms with E-state index in [1.165, 1.54) is 10.9 Å². The summed E-state index contributed by atoms with van der Waals surface area (Å²) in [4.78, 5) is 38.0. The molecule has 48 heavy (non-hydrogen) atoms. The molecule has 1 aliphatic heterocycles. The quantitative estimate of drug-likeness (QED) is 0.205. The second-order valence-corrected chi connectivity index (χ2v) is 14.7. The molecule has 0 radical (unpaired) electrons. The lowest BCUT2D eigenvalue weighted by molar-refractivity contribution is -0.0364. The summed E-state index contributed by atoms with van der Waals surface area (Å²) in [7, 11) is 1.78. The first-order chi connectivity index (χ1) is 22.8. The second-order valence-electron chi connectivity index (χ2n) is 13.5. The maximum atomic E-state index is 13.6. The average Bonchev–Trinajstić information content (AvgIpc) is 3.61. The van der Waals surface area contributed by atoms with Crippen molar-refractivity contribution < 1.29 is 14.6 Å². The molecule has 1 fully saturated rings. The van der Waals surface area contributed by atoms with Crippen molar-refractivity contribution in [2.75, 3.05) is 13.1 Å². The zero-order chi connectivity index (χ0) is 34.2. The van der Waals surface area contributed by atoms with Gasteiger partial charge in [-0.2, -0.15) is 5.10 Å². The third-order valence-electron chi connectivity index (χ3n) is 8.58. The second kappa shape index (κ2) is 13.4. The molecule has 3 aromatic heterocycles. The number of carbonyl (C=O) groups is 1. The smallest absolute Gasteiger partial charge is 0.407 e. The molecule has 0 saturated carbocycles. The molecular formula is C35H40ClN7O4S. The van der Waals surface area contributed by atoms with Gasteiger partial charge in [0, 0.05) is 43.8 Å². The fourth-order valence-electron chi connectivity index (χ4n) is 6.04. The number of rotatable bonds is 8. The Labute approximate surface area is 288 Å². The van der Waals surface area contributed by atoms with Gasteiger partial charge in [-0.15, -0.1) is 11.3 Å². The number of alkyl carbamates (subject to hydrolysis) is 1. The molecule has 1 saturated heterocycles. The molecule has 4 heterocycles. The molecule has 252 valence electrons. The van der Waals surface area contributed by atoms with Crippen LogP contribution >= 0.6 is 22.9 Å². The molecule has 0 spiro atoms. The summed E-state index contributed by atoms with van der Waals surface area (Å²) in [5, 5.41) is 19.5. The number of halogens is 1. The number of hydrogen-bond donors (Lipinski definition) is 2. The summed E-state index contributed by atoms with van der Waals surface area (Å²) in [6, 6.07) is 13.8. The van der Waals surface area contributed by atoms with Gasteiger partial charge in [-0.05, 0) is 63.3 Å². The summed E-state index contributed by atoms with van der Waals surface area (Å²) in [6.07, 6.45) is 2.05. The maximum Gasteiger partial charge on any atom is 0.407 e. The summed E-state index contributed by atoms with van der Waals surface area (Å²) >= 11 is 8.29. The van der Waals surface area contributed by atoms with E-state index in [-0.39, 0.29) is 17.6 Å². The zero-order valence-corrected chi connectivity index (χ0v) is 29.4. The standard InChI is InChI=1S/C35H40ClN7O4S/c1-22-31(48-21-39-22)25-10-11-26(27(36)16-25)18-42-14-12-35(46,13-15-42)19-43-20-38-28-29(32(43)44)40-41(5)30(28)24-8-6-23(7-9-24)17-37-33(45)47-34(2,3)4/h6-11,16,20-21,46H,12-15,17-19H2,1-5H3,(H,37,45). The number of piperidine rings is 1. The number of nitrogens with zero attached hydrogens (tertiary/aromatic N) is 6. The van der Waals surface area contributed by atoms with E-state index in [2.05, 4.69) is 37.4 Å². The Kier molecular flexibility index (Phi) is 9.45. The molecule has 6 rings (SSSR count). The highest BCUT2D eigenvalue weighted by Gasteiger charge is 2.34. The zero-order valence-electron chi connectivity index (χ0n) is 27.8. The van der Waals surface area contributed by atoms with Gasteiger partial charge in [0.25, 0.3) is 5.56 Å². The van der Waals surface area contributed by atoms with Crippen LogP contribution < -0.4 is 10.9 Å². The number of nitrogens with one attached hydrogen (secondary N) is 1. The van der Waals surface area contributed by atoms with Crippen LogP contribution in [0.4, 0.5) is 4.79 Å². The van der Waals surface area contributed by atoms with E-state index in [0.717, 1.165) is 32.8 Å². The average molecular weight is 690 g/mol. The molecule has 0 bridgehead atoms. The molecule has 1 aliphatic rings. The predicted octanol–water partition coefficient (Wildman–Crippen LogP) is 5.93. The predicted molar refractivity (Wildman–Crippen MR) is 188 cm³/mol. The van der Waals surface area contributed by atoms with Crippen LogP contribution in [-0.2, 0) is 31.4 Å². The van der Waals surface area contributed by atoms with Gasteiger partial charge in [0.2, 0.25) is 0 Å². The third-order valence-corrected chi connectivity index (χ3v) is 9.91. The van der Waals surface area contributed by atoms with Crippen LogP contribution in [0.2, 0.25) is 5.02 Å². The van der Waals surface area contributed by atoms with Crippen molar-refractivity contribution in [3.8, 4) is 21.7 Å². The van der Waals surface area contributed by atoms with Crippen LogP contribution in [-0.4, -0.2) is 64.7 Å². The highest BCUT2D eigenvalue weighted by atomic mass is 35.5. The lowest BCUT2D eigenvalue weighted by atomic mass is 9.91. The number of thiazole rings is 1. The molecule has 0 unspecified atom stereocenters. The van der Waals surface area contributed by atoms with E-state index < -0.39 is 17.3 Å². The number of ether oxygens (including phenoxy) is 1. The summed E-state index contributed by atoms with van der Waals surface area (Å²) < 4.78 is 8.43. The van der Waals surface area contributed by atoms with E-state index in [1.54, 1.807) is 23.1 Å². The van der Waals surface area contributed by atoms with Crippen molar-refractivity contribution in [3.05, 3.63) is 86.5 Å². The molecule has 11 nitrogen and oxygen atoms in total. The van der Waals surface area contributed by atoms with Crippen LogP contribution in [0.3, 0.4) is 0 Å². The van der Waals surface area contributed by atoms with E-state index in [9.17, 15) is 14.7 Å². The van der Waals surface area contributed by atoms with Gasteiger partial charge in [0.15, 0.2) is 5.52 Å². The SMILES string of the molecule is Cc1ncsc1-c1ccc(CN2CCC(O)(Cn3cnc4c(-c5ccc(CNC(=O)OC(C)(C)C)cc5)n(C)nc4c3=O)CC2)c(Cl)c1. The molecule has 2 aromatic carbocycles. The van der Waals surface area contributed by atoms with Gasteiger partial charge >= 0.3 is 6.09 Å². The van der Waals surface area contributed by atoms with Crippen molar-refractivity contribution in [2.45, 2.75) is 71.4 Å². The largest absolute Gasteiger partial charge is 0.444 e. The fraction of sp³-hybridized carbons (Fsp3) is 0.400. The number of likely N-dealkylation sites (tertiary alicyclic amines) is 1. The van der Waals surface area contributed by atoms with Gasteiger partial charge in [0.05, 0.1) is 40.2 Å². The van der Waals surface area contributed by atoms with Crippen LogP contribution in [0, 0.1) is 6.92 Å². The van der Waals surface area contributed by atoms with Crippen molar-refractivity contribution in [1.82, 2.24) is 34.5 Å². The monoisotopic (exact) mass is 689 g/mol. The normalized spacial score (nSPS) is 15.1. The Bertz CT molecular complexity index is 2000. The number of benzene rings is 2. The van der Waals surface area contributed by atoms with Gasteiger partial charge in [-0.1, -0.05) is 48.0 Å². The first-order valence-corrected chi connectivity index (χ1v) is 17.2. The number of amides is 1. The molecule has 13 heteroatoms. The lowest BCUT2D eigenvalue weighted by Crippen LogP contribution is -2.47. The van der Waals surface area contributed by atoms with E-state index in [1.807, 2.05) is 63.5 Å². The Morgan fingerprint density at radius 1 is 1.08 bits per heavy atom. The van der Waals surface area contributed by atoms with Gasteiger partial charge < -0.3 is 15.2 Å². The fourth-order valence-corrected chi connectivity index (χ4v) is 7.08. The van der Waals surface area contributed by atoms with E-state index in [0.29, 0.717) is 55.3 Å². The van der Waals surface area contributed by atoms with Crippen molar-refractivity contribution in [2.24, 2.45) is 7.05 Å². The van der Waals surface area contributed by atoms with Crippen LogP contribution in [0.5, 0.6) is 0 Å². The number of fused-ring (bicyclic) bond motifs is 1. The Morgan fingerprint density at radius 3 is 2.44 bits per heavy atom. The number of aliphatic hydroxyl groups is 1. The number of aryl methyl sites for hydroxylation is 2. The number of carbonyl (C=O) groups excluding carboxylic acids is 1. The number of aromatic nitrogens is 5. The Balaban J connectivity index is 1.09. The van der Waals surface area contributed by atoms with Crippen molar-refractivity contribution in [3.63, 3.8) is 0 Å². The first-order valence-electron chi connectivity index (χ1n) is 15.9. The van der Waals surface area contributed by atoms with Gasteiger partial charge in [-0.25, -0.2) is 14.8 Å².